The van der Waals surface area contributed by atoms with Crippen LogP contribution in [0.5, 0.6) is 0 Å². The number of nitrogens with zero attached hydrogens (tertiary/aromatic N) is 1. The molecule has 0 fully saturated rings. The molecule has 0 saturated carbocycles. The highest BCUT2D eigenvalue weighted by atomic mass is 15.0. The summed E-state index contributed by atoms with van der Waals surface area (Å²) in [6.07, 6.45) is 0. The SMILES string of the molecule is CC1(C)c2ccccc2-c2cc(-c3ccc4c5ccccc5n(-c5ccc(-c6ccccc6)c6ccccc56)c4c3)ccc21. The van der Waals surface area contributed by atoms with Gasteiger partial charge in [0.15, 0.2) is 0 Å². The first kappa shape index (κ1) is 25.1. The van der Waals surface area contributed by atoms with Crippen molar-refractivity contribution in [3.8, 4) is 39.1 Å². The zero-order chi connectivity index (χ0) is 29.4. The summed E-state index contributed by atoms with van der Waals surface area (Å²) in [6, 6.07) is 55.9. The summed E-state index contributed by atoms with van der Waals surface area (Å²) in [7, 11) is 0. The number of hydrogen-bond donors (Lipinski definition) is 0. The largest absolute Gasteiger partial charge is 0.309 e. The second-order valence-electron chi connectivity index (χ2n) is 12.6. The van der Waals surface area contributed by atoms with Gasteiger partial charge in [-0.1, -0.05) is 141 Å². The number of fused-ring (bicyclic) bond motifs is 7. The molecule has 0 amide bonds. The molecule has 208 valence electrons. The first-order chi connectivity index (χ1) is 21.6. The van der Waals surface area contributed by atoms with E-state index in [1.165, 1.54) is 82.8 Å². The van der Waals surface area contributed by atoms with Crippen molar-refractivity contribution < 1.29 is 0 Å². The van der Waals surface area contributed by atoms with Gasteiger partial charge in [-0.2, -0.15) is 0 Å². The summed E-state index contributed by atoms with van der Waals surface area (Å²) in [5.74, 6) is 0. The van der Waals surface area contributed by atoms with E-state index in [9.17, 15) is 0 Å². The van der Waals surface area contributed by atoms with Gasteiger partial charge >= 0.3 is 0 Å². The number of rotatable bonds is 3. The molecule has 0 radical (unpaired) electrons. The van der Waals surface area contributed by atoms with Crippen LogP contribution < -0.4 is 0 Å². The Kier molecular flexibility index (Phi) is 5.31. The lowest BCUT2D eigenvalue weighted by molar-refractivity contribution is 0.660. The third kappa shape index (κ3) is 3.53. The van der Waals surface area contributed by atoms with Crippen LogP contribution in [0.1, 0.15) is 25.0 Å². The number of aromatic nitrogens is 1. The molecule has 1 heteroatoms. The maximum absolute atomic E-state index is 2.47. The third-order valence-corrected chi connectivity index (χ3v) is 9.82. The maximum atomic E-state index is 2.47. The molecule has 0 aliphatic heterocycles. The van der Waals surface area contributed by atoms with E-state index in [0.717, 1.165) is 0 Å². The Balaban J connectivity index is 1.29. The molecule has 9 rings (SSSR count). The second kappa shape index (κ2) is 9.30. The molecule has 1 heterocycles. The summed E-state index contributed by atoms with van der Waals surface area (Å²) in [5.41, 5.74) is 14.2. The number of hydrogen-bond acceptors (Lipinski definition) is 0. The number of para-hydroxylation sites is 1. The van der Waals surface area contributed by atoms with Crippen molar-refractivity contribution in [3.63, 3.8) is 0 Å². The highest BCUT2D eigenvalue weighted by molar-refractivity contribution is 6.12. The standard InChI is InChI=1S/C43H31N/c1-43(2)38-18-10-8-15-33(38)37-26-29(21-24-39(37)43)30-20-22-36-35-17-9-11-19-40(35)44(42(36)27-30)41-25-23-31(28-12-4-3-5-13-28)32-14-6-7-16-34(32)41/h3-27H,1-2H3. The van der Waals surface area contributed by atoms with Crippen LogP contribution in [0.25, 0.3) is 71.6 Å². The Morgan fingerprint density at radius 2 is 1.02 bits per heavy atom. The Bertz CT molecular complexity index is 2410. The Morgan fingerprint density at radius 3 is 1.89 bits per heavy atom. The van der Waals surface area contributed by atoms with E-state index in [-0.39, 0.29) is 5.41 Å². The lowest BCUT2D eigenvalue weighted by atomic mass is 9.82. The lowest BCUT2D eigenvalue weighted by Crippen LogP contribution is -2.14. The number of benzene rings is 7. The average molecular weight is 562 g/mol. The van der Waals surface area contributed by atoms with Gasteiger partial charge in [-0.05, 0) is 74.2 Å². The Morgan fingerprint density at radius 1 is 0.386 bits per heavy atom. The molecule has 0 bridgehead atoms. The highest BCUT2D eigenvalue weighted by Crippen LogP contribution is 2.49. The molecule has 0 N–H and O–H groups in total. The fourth-order valence-electron chi connectivity index (χ4n) is 7.66. The van der Waals surface area contributed by atoms with Crippen LogP contribution in [0, 0.1) is 0 Å². The van der Waals surface area contributed by atoms with Crippen molar-refractivity contribution in [2.24, 2.45) is 0 Å². The Labute approximate surface area is 257 Å². The molecule has 1 aliphatic rings. The van der Waals surface area contributed by atoms with E-state index < -0.39 is 0 Å². The van der Waals surface area contributed by atoms with Gasteiger partial charge in [0.25, 0.3) is 0 Å². The molecule has 8 aromatic rings. The van der Waals surface area contributed by atoms with E-state index in [0.29, 0.717) is 0 Å². The van der Waals surface area contributed by atoms with Crippen molar-refractivity contribution >= 4 is 32.6 Å². The van der Waals surface area contributed by atoms with E-state index in [1.54, 1.807) is 0 Å². The molecule has 0 unspecified atom stereocenters. The summed E-state index contributed by atoms with van der Waals surface area (Å²) < 4.78 is 2.47. The first-order valence-corrected chi connectivity index (χ1v) is 15.5. The van der Waals surface area contributed by atoms with Crippen molar-refractivity contribution in [1.82, 2.24) is 4.57 Å². The van der Waals surface area contributed by atoms with Gasteiger partial charge in [0, 0.05) is 21.6 Å². The van der Waals surface area contributed by atoms with Crippen LogP contribution in [0.2, 0.25) is 0 Å². The smallest absolute Gasteiger partial charge is 0.0547 e. The van der Waals surface area contributed by atoms with Crippen molar-refractivity contribution in [2.45, 2.75) is 19.3 Å². The van der Waals surface area contributed by atoms with Crippen molar-refractivity contribution in [3.05, 3.63) is 163 Å². The van der Waals surface area contributed by atoms with Gasteiger partial charge < -0.3 is 4.57 Å². The molecule has 44 heavy (non-hydrogen) atoms. The Hall–Kier alpha value is -5.40. The zero-order valence-corrected chi connectivity index (χ0v) is 24.9. The van der Waals surface area contributed by atoms with Crippen LogP contribution in [-0.4, -0.2) is 4.57 Å². The minimum absolute atomic E-state index is 0.00774. The molecule has 0 saturated heterocycles. The molecule has 0 atom stereocenters. The molecule has 0 spiro atoms. The quantitative estimate of drug-likeness (QED) is 0.202. The monoisotopic (exact) mass is 561 g/mol. The van der Waals surface area contributed by atoms with Crippen molar-refractivity contribution in [1.29, 1.82) is 0 Å². The van der Waals surface area contributed by atoms with E-state index >= 15 is 0 Å². The normalized spacial score (nSPS) is 13.4. The third-order valence-electron chi connectivity index (χ3n) is 9.82. The van der Waals surface area contributed by atoms with Crippen LogP contribution in [0.15, 0.2) is 152 Å². The van der Waals surface area contributed by atoms with E-state index in [2.05, 4.69) is 170 Å². The minimum Gasteiger partial charge on any atom is -0.309 e. The minimum atomic E-state index is 0.00774. The van der Waals surface area contributed by atoms with E-state index in [1.807, 2.05) is 0 Å². The summed E-state index contributed by atoms with van der Waals surface area (Å²) in [6.45, 7) is 4.68. The molecular weight excluding hydrogens is 530 g/mol. The molecule has 1 aromatic heterocycles. The average Bonchev–Trinajstić information content (AvgIpc) is 3.52. The first-order valence-electron chi connectivity index (χ1n) is 15.5. The molecular formula is C43H31N. The lowest BCUT2D eigenvalue weighted by Gasteiger charge is -2.21. The van der Waals surface area contributed by atoms with Gasteiger partial charge in [0.2, 0.25) is 0 Å². The van der Waals surface area contributed by atoms with Gasteiger partial charge in [0.05, 0.1) is 16.7 Å². The topological polar surface area (TPSA) is 4.93 Å². The van der Waals surface area contributed by atoms with Crippen LogP contribution >= 0.6 is 0 Å². The van der Waals surface area contributed by atoms with Crippen LogP contribution in [0.4, 0.5) is 0 Å². The maximum Gasteiger partial charge on any atom is 0.0547 e. The second-order valence-corrected chi connectivity index (χ2v) is 12.6. The summed E-state index contributed by atoms with van der Waals surface area (Å²) >= 11 is 0. The van der Waals surface area contributed by atoms with Crippen molar-refractivity contribution in [2.75, 3.05) is 0 Å². The molecule has 1 nitrogen and oxygen atoms in total. The van der Waals surface area contributed by atoms with Crippen LogP contribution in [0.3, 0.4) is 0 Å². The molecule has 7 aromatic carbocycles. The van der Waals surface area contributed by atoms with Gasteiger partial charge in [0.1, 0.15) is 0 Å². The predicted octanol–water partition coefficient (Wildman–Crippen LogP) is 11.6. The fraction of sp³-hybridized carbons (Fsp3) is 0.0698. The predicted molar refractivity (Wildman–Crippen MR) is 187 cm³/mol. The molecule has 1 aliphatic carbocycles. The van der Waals surface area contributed by atoms with Gasteiger partial charge in [-0.25, -0.2) is 0 Å². The summed E-state index contributed by atoms with van der Waals surface area (Å²) in [5, 5.41) is 5.06. The highest BCUT2D eigenvalue weighted by Gasteiger charge is 2.35. The van der Waals surface area contributed by atoms with Crippen LogP contribution in [-0.2, 0) is 5.41 Å². The van der Waals surface area contributed by atoms with Gasteiger partial charge in [-0.15, -0.1) is 0 Å². The van der Waals surface area contributed by atoms with E-state index in [4.69, 9.17) is 0 Å². The zero-order valence-electron chi connectivity index (χ0n) is 24.9. The summed E-state index contributed by atoms with van der Waals surface area (Å²) in [4.78, 5) is 0. The van der Waals surface area contributed by atoms with Gasteiger partial charge in [-0.3, -0.25) is 0 Å². The fourth-order valence-corrected chi connectivity index (χ4v) is 7.66.